The van der Waals surface area contributed by atoms with Crippen LogP contribution in [0.25, 0.3) is 0 Å². The molecule has 0 aliphatic heterocycles. The molecule has 0 radical (unpaired) electrons. The van der Waals surface area contributed by atoms with Gasteiger partial charge in [-0.15, -0.1) is 0 Å². The van der Waals surface area contributed by atoms with E-state index in [9.17, 15) is 14.9 Å². The van der Waals surface area contributed by atoms with Crippen LogP contribution in [0.4, 0.5) is 5.69 Å². The zero-order valence-electron chi connectivity index (χ0n) is 13.2. The normalized spacial score (nSPS) is 10.7. The number of amides is 1. The maximum atomic E-state index is 12.2. The summed E-state index contributed by atoms with van der Waals surface area (Å²) in [5.41, 5.74) is 1.21. The maximum Gasteiger partial charge on any atom is 0.273 e. The SMILES string of the molecule is Cc1nn(CCCNC(=O)c2cccc([N+](=O)[O-])c2C)c(Cl)c1Cl. The van der Waals surface area contributed by atoms with Crippen LogP contribution in [0.1, 0.15) is 28.0 Å². The Labute approximate surface area is 148 Å². The van der Waals surface area contributed by atoms with Gasteiger partial charge in [-0.3, -0.25) is 19.6 Å². The number of aryl methyl sites for hydroxylation is 2. The highest BCUT2D eigenvalue weighted by Gasteiger charge is 2.17. The number of carbonyl (C=O) groups excluding carboxylic acids is 1. The maximum absolute atomic E-state index is 12.2. The zero-order valence-corrected chi connectivity index (χ0v) is 14.7. The number of nitro benzene ring substituents is 1. The highest BCUT2D eigenvalue weighted by atomic mass is 35.5. The molecule has 1 N–H and O–H groups in total. The van der Waals surface area contributed by atoms with Gasteiger partial charge in [0.15, 0.2) is 0 Å². The fourth-order valence-electron chi connectivity index (χ4n) is 2.27. The summed E-state index contributed by atoms with van der Waals surface area (Å²) < 4.78 is 1.57. The summed E-state index contributed by atoms with van der Waals surface area (Å²) >= 11 is 12.0. The molecule has 1 heterocycles. The van der Waals surface area contributed by atoms with E-state index in [0.717, 1.165) is 0 Å². The van der Waals surface area contributed by atoms with Crippen molar-refractivity contribution in [2.45, 2.75) is 26.8 Å². The van der Waals surface area contributed by atoms with Crippen molar-refractivity contribution in [1.29, 1.82) is 0 Å². The van der Waals surface area contributed by atoms with E-state index in [0.29, 0.717) is 46.5 Å². The molecule has 0 saturated carbocycles. The average molecular weight is 371 g/mol. The van der Waals surface area contributed by atoms with E-state index < -0.39 is 4.92 Å². The van der Waals surface area contributed by atoms with Crippen molar-refractivity contribution in [1.82, 2.24) is 15.1 Å². The van der Waals surface area contributed by atoms with Gasteiger partial charge in [0.25, 0.3) is 11.6 Å². The molecule has 0 unspecified atom stereocenters. The van der Waals surface area contributed by atoms with Crippen LogP contribution in [0.15, 0.2) is 18.2 Å². The molecule has 9 heteroatoms. The number of nitrogens with one attached hydrogen (secondary N) is 1. The second-order valence-electron chi connectivity index (χ2n) is 5.23. The largest absolute Gasteiger partial charge is 0.352 e. The summed E-state index contributed by atoms with van der Waals surface area (Å²) in [6.07, 6.45) is 0.594. The minimum atomic E-state index is -0.502. The summed E-state index contributed by atoms with van der Waals surface area (Å²) in [6.45, 7) is 4.20. The quantitative estimate of drug-likeness (QED) is 0.478. The van der Waals surface area contributed by atoms with Crippen LogP contribution < -0.4 is 5.32 Å². The van der Waals surface area contributed by atoms with Crippen molar-refractivity contribution in [3.05, 3.63) is 55.3 Å². The fraction of sp³-hybridized carbons (Fsp3) is 0.333. The Bertz CT molecular complexity index is 789. The molecule has 2 rings (SSSR count). The van der Waals surface area contributed by atoms with Crippen LogP contribution in [-0.4, -0.2) is 27.2 Å². The number of carbonyl (C=O) groups is 1. The lowest BCUT2D eigenvalue weighted by atomic mass is 10.1. The van der Waals surface area contributed by atoms with E-state index in [1.807, 2.05) is 0 Å². The van der Waals surface area contributed by atoms with E-state index in [1.54, 1.807) is 24.6 Å². The minimum Gasteiger partial charge on any atom is -0.352 e. The molecule has 0 aliphatic rings. The van der Waals surface area contributed by atoms with E-state index in [1.165, 1.54) is 12.1 Å². The van der Waals surface area contributed by atoms with Crippen molar-refractivity contribution in [3.63, 3.8) is 0 Å². The topological polar surface area (TPSA) is 90.1 Å². The first-order valence-electron chi connectivity index (χ1n) is 7.23. The Balaban J connectivity index is 1.93. The van der Waals surface area contributed by atoms with E-state index in [2.05, 4.69) is 10.4 Å². The highest BCUT2D eigenvalue weighted by Crippen LogP contribution is 2.25. The Hall–Kier alpha value is -2.12. The monoisotopic (exact) mass is 370 g/mol. The molecule has 0 saturated heterocycles. The number of hydrogen-bond donors (Lipinski definition) is 1. The average Bonchev–Trinajstić information content (AvgIpc) is 2.78. The molecule has 2 aromatic rings. The molecule has 7 nitrogen and oxygen atoms in total. The summed E-state index contributed by atoms with van der Waals surface area (Å²) in [6, 6.07) is 4.43. The number of benzene rings is 1. The van der Waals surface area contributed by atoms with Crippen LogP contribution in [0, 0.1) is 24.0 Å². The van der Waals surface area contributed by atoms with Crippen LogP contribution in [0.2, 0.25) is 10.2 Å². The van der Waals surface area contributed by atoms with Crippen LogP contribution in [-0.2, 0) is 6.54 Å². The summed E-state index contributed by atoms with van der Waals surface area (Å²) in [7, 11) is 0. The molecule has 0 spiro atoms. The van der Waals surface area contributed by atoms with Crippen molar-refractivity contribution in [2.24, 2.45) is 0 Å². The lowest BCUT2D eigenvalue weighted by molar-refractivity contribution is -0.385. The first-order valence-corrected chi connectivity index (χ1v) is 7.99. The van der Waals surface area contributed by atoms with Gasteiger partial charge in [0.05, 0.1) is 10.6 Å². The Morgan fingerprint density at radius 2 is 2.08 bits per heavy atom. The number of halogens is 2. The van der Waals surface area contributed by atoms with Gasteiger partial charge in [0.1, 0.15) is 10.2 Å². The molecular formula is C15H16Cl2N4O3. The second-order valence-corrected chi connectivity index (χ2v) is 5.97. The number of nitro groups is 1. The van der Waals surface area contributed by atoms with E-state index in [4.69, 9.17) is 23.2 Å². The Morgan fingerprint density at radius 3 is 2.67 bits per heavy atom. The Morgan fingerprint density at radius 1 is 1.38 bits per heavy atom. The number of aromatic nitrogens is 2. The molecule has 0 bridgehead atoms. The van der Waals surface area contributed by atoms with Gasteiger partial charge in [-0.2, -0.15) is 5.10 Å². The molecular weight excluding hydrogens is 355 g/mol. The first kappa shape index (κ1) is 18.2. The Kier molecular flexibility index (Phi) is 5.80. The fourth-order valence-corrected chi connectivity index (χ4v) is 2.67. The smallest absolute Gasteiger partial charge is 0.273 e. The third kappa shape index (κ3) is 3.85. The number of rotatable bonds is 6. The summed E-state index contributed by atoms with van der Waals surface area (Å²) in [5, 5.41) is 18.6. The second kappa shape index (κ2) is 7.63. The molecule has 128 valence electrons. The molecule has 0 aliphatic carbocycles. The van der Waals surface area contributed by atoms with Gasteiger partial charge >= 0.3 is 0 Å². The number of nitrogens with zero attached hydrogens (tertiary/aromatic N) is 3. The van der Waals surface area contributed by atoms with Gasteiger partial charge in [0, 0.05) is 30.3 Å². The van der Waals surface area contributed by atoms with Gasteiger partial charge in [-0.1, -0.05) is 29.3 Å². The molecule has 0 fully saturated rings. The summed E-state index contributed by atoms with van der Waals surface area (Å²) in [5.74, 6) is -0.350. The predicted octanol–water partition coefficient (Wildman–Crippen LogP) is 3.54. The number of hydrogen-bond acceptors (Lipinski definition) is 4. The summed E-state index contributed by atoms with van der Waals surface area (Å²) in [4.78, 5) is 22.6. The molecule has 24 heavy (non-hydrogen) atoms. The molecule has 1 aromatic carbocycles. The first-order chi connectivity index (χ1) is 11.3. The molecule has 0 atom stereocenters. The van der Waals surface area contributed by atoms with Gasteiger partial charge in [-0.25, -0.2) is 0 Å². The zero-order chi connectivity index (χ0) is 17.9. The van der Waals surface area contributed by atoms with Gasteiger partial charge < -0.3 is 5.32 Å². The van der Waals surface area contributed by atoms with E-state index in [-0.39, 0.29) is 11.6 Å². The lowest BCUT2D eigenvalue weighted by Crippen LogP contribution is -2.26. The van der Waals surface area contributed by atoms with Crippen LogP contribution in [0.3, 0.4) is 0 Å². The van der Waals surface area contributed by atoms with Gasteiger partial charge in [0.2, 0.25) is 0 Å². The molecule has 1 aromatic heterocycles. The van der Waals surface area contributed by atoms with Crippen LogP contribution >= 0.6 is 23.2 Å². The predicted molar refractivity (Wildman–Crippen MR) is 91.8 cm³/mol. The van der Waals surface area contributed by atoms with Crippen molar-refractivity contribution in [2.75, 3.05) is 6.54 Å². The highest BCUT2D eigenvalue weighted by molar-refractivity contribution is 6.41. The van der Waals surface area contributed by atoms with Crippen molar-refractivity contribution >= 4 is 34.8 Å². The standard InChI is InChI=1S/C15H16Cl2N4O3/c1-9-11(5-3-6-12(9)21(23)24)15(22)18-7-4-8-20-14(17)13(16)10(2)19-20/h3,5-6H,4,7-8H2,1-2H3,(H,18,22). The van der Waals surface area contributed by atoms with E-state index >= 15 is 0 Å². The lowest BCUT2D eigenvalue weighted by Gasteiger charge is -2.08. The molecule has 1 amide bonds. The van der Waals surface area contributed by atoms with Crippen molar-refractivity contribution < 1.29 is 9.72 Å². The third-order valence-electron chi connectivity index (χ3n) is 3.57. The third-order valence-corrected chi connectivity index (χ3v) is 4.51. The van der Waals surface area contributed by atoms with Gasteiger partial charge in [-0.05, 0) is 26.3 Å². The van der Waals surface area contributed by atoms with Crippen LogP contribution in [0.5, 0.6) is 0 Å². The minimum absolute atomic E-state index is 0.0731. The van der Waals surface area contributed by atoms with Crippen molar-refractivity contribution in [3.8, 4) is 0 Å².